The summed E-state index contributed by atoms with van der Waals surface area (Å²) in [6.07, 6.45) is 4.86. The van der Waals surface area contributed by atoms with E-state index in [1.54, 1.807) is 0 Å². The molecule has 16 heavy (non-hydrogen) atoms. The predicted molar refractivity (Wildman–Crippen MR) is 63.2 cm³/mol. The standard InChI is InChI=1S/C12H21N3O/c1-12(16)6-3-8-15(10-12)9-5-11-4-7-13-14(11)2/h4,7,16H,3,5-6,8-10H2,1-2H3. The highest BCUT2D eigenvalue weighted by molar-refractivity contribution is 5.00. The zero-order valence-electron chi connectivity index (χ0n) is 10.2. The second-order valence-corrected chi connectivity index (χ2v) is 5.07. The van der Waals surface area contributed by atoms with Crippen LogP contribution in [0.5, 0.6) is 0 Å². The monoisotopic (exact) mass is 223 g/mol. The lowest BCUT2D eigenvalue weighted by atomic mass is 9.95. The number of rotatable bonds is 3. The average Bonchev–Trinajstić information content (AvgIpc) is 2.60. The minimum atomic E-state index is -0.495. The van der Waals surface area contributed by atoms with Crippen LogP contribution in [0.2, 0.25) is 0 Å². The number of hydrogen-bond donors (Lipinski definition) is 1. The summed E-state index contributed by atoms with van der Waals surface area (Å²) in [6, 6.07) is 2.06. The van der Waals surface area contributed by atoms with Crippen molar-refractivity contribution in [2.75, 3.05) is 19.6 Å². The second kappa shape index (κ2) is 4.55. The van der Waals surface area contributed by atoms with Gasteiger partial charge >= 0.3 is 0 Å². The number of hydrogen-bond acceptors (Lipinski definition) is 3. The Labute approximate surface area is 96.9 Å². The molecule has 4 heteroatoms. The number of nitrogens with zero attached hydrogens (tertiary/aromatic N) is 3. The van der Waals surface area contributed by atoms with Crippen LogP contribution in [-0.4, -0.2) is 45.0 Å². The van der Waals surface area contributed by atoms with Crippen molar-refractivity contribution in [1.29, 1.82) is 0 Å². The fourth-order valence-electron chi connectivity index (χ4n) is 2.43. The van der Waals surface area contributed by atoms with Gasteiger partial charge in [0.1, 0.15) is 0 Å². The third kappa shape index (κ3) is 2.83. The van der Waals surface area contributed by atoms with Gasteiger partial charge in [0.2, 0.25) is 0 Å². The van der Waals surface area contributed by atoms with Crippen molar-refractivity contribution in [3.63, 3.8) is 0 Å². The Kier molecular flexibility index (Phi) is 3.30. The van der Waals surface area contributed by atoms with Gasteiger partial charge in [-0.25, -0.2) is 0 Å². The molecule has 1 fully saturated rings. The van der Waals surface area contributed by atoms with Gasteiger partial charge < -0.3 is 10.0 Å². The van der Waals surface area contributed by atoms with E-state index in [0.29, 0.717) is 0 Å². The van der Waals surface area contributed by atoms with Crippen LogP contribution >= 0.6 is 0 Å². The molecule has 0 amide bonds. The van der Waals surface area contributed by atoms with Crippen LogP contribution in [0.15, 0.2) is 12.3 Å². The van der Waals surface area contributed by atoms with Crippen molar-refractivity contribution in [3.8, 4) is 0 Å². The first-order valence-corrected chi connectivity index (χ1v) is 5.98. The first-order chi connectivity index (χ1) is 7.57. The summed E-state index contributed by atoms with van der Waals surface area (Å²) in [5.41, 5.74) is 0.760. The van der Waals surface area contributed by atoms with Crippen LogP contribution in [-0.2, 0) is 13.5 Å². The molecule has 0 spiro atoms. The minimum Gasteiger partial charge on any atom is -0.389 e. The van der Waals surface area contributed by atoms with Crippen molar-refractivity contribution >= 4 is 0 Å². The van der Waals surface area contributed by atoms with Crippen LogP contribution in [0, 0.1) is 0 Å². The van der Waals surface area contributed by atoms with Gasteiger partial charge in [0, 0.05) is 38.4 Å². The number of likely N-dealkylation sites (tertiary alicyclic amines) is 1. The molecule has 0 aliphatic carbocycles. The molecule has 0 bridgehead atoms. The molecule has 1 saturated heterocycles. The Bertz CT molecular complexity index is 346. The number of aliphatic hydroxyl groups is 1. The summed E-state index contributed by atoms with van der Waals surface area (Å²) in [7, 11) is 1.97. The molecule has 1 aromatic heterocycles. The molecule has 1 aromatic rings. The summed E-state index contributed by atoms with van der Waals surface area (Å²) in [6.45, 7) is 4.85. The van der Waals surface area contributed by atoms with E-state index in [1.165, 1.54) is 5.69 Å². The molecule has 1 unspecified atom stereocenters. The van der Waals surface area contributed by atoms with Gasteiger partial charge in [-0.3, -0.25) is 4.68 Å². The SMILES string of the molecule is Cn1nccc1CCN1CCCC(C)(O)C1. The molecule has 4 nitrogen and oxygen atoms in total. The maximum atomic E-state index is 10.00. The Morgan fingerprint density at radius 1 is 1.56 bits per heavy atom. The van der Waals surface area contributed by atoms with Crippen molar-refractivity contribution in [1.82, 2.24) is 14.7 Å². The molecule has 0 aromatic carbocycles. The first kappa shape index (κ1) is 11.6. The van der Waals surface area contributed by atoms with Crippen molar-refractivity contribution in [3.05, 3.63) is 18.0 Å². The van der Waals surface area contributed by atoms with Crippen molar-refractivity contribution in [2.24, 2.45) is 7.05 Å². The van der Waals surface area contributed by atoms with E-state index in [0.717, 1.165) is 38.9 Å². The molecule has 1 aliphatic rings. The molecule has 2 rings (SSSR count). The van der Waals surface area contributed by atoms with Gasteiger partial charge in [0.25, 0.3) is 0 Å². The lowest BCUT2D eigenvalue weighted by Gasteiger charge is -2.36. The Hall–Kier alpha value is -0.870. The third-order valence-electron chi connectivity index (χ3n) is 3.36. The maximum absolute atomic E-state index is 10.00. The van der Waals surface area contributed by atoms with E-state index in [4.69, 9.17) is 0 Å². The molecule has 0 radical (unpaired) electrons. The van der Waals surface area contributed by atoms with E-state index in [2.05, 4.69) is 16.1 Å². The summed E-state index contributed by atoms with van der Waals surface area (Å²) in [4.78, 5) is 2.34. The van der Waals surface area contributed by atoms with E-state index in [-0.39, 0.29) is 0 Å². The molecule has 0 saturated carbocycles. The Balaban J connectivity index is 1.84. The van der Waals surface area contributed by atoms with Gasteiger partial charge in [0.15, 0.2) is 0 Å². The van der Waals surface area contributed by atoms with Crippen LogP contribution in [0.1, 0.15) is 25.5 Å². The van der Waals surface area contributed by atoms with E-state index >= 15 is 0 Å². The zero-order valence-corrected chi connectivity index (χ0v) is 10.2. The highest BCUT2D eigenvalue weighted by Gasteiger charge is 2.27. The highest BCUT2D eigenvalue weighted by atomic mass is 16.3. The smallest absolute Gasteiger partial charge is 0.0746 e. The molecule has 1 aliphatic heterocycles. The van der Waals surface area contributed by atoms with E-state index < -0.39 is 5.60 Å². The maximum Gasteiger partial charge on any atom is 0.0746 e. The largest absolute Gasteiger partial charge is 0.389 e. The normalized spacial score (nSPS) is 27.2. The molecule has 1 atom stereocenters. The molecule has 1 N–H and O–H groups in total. The highest BCUT2D eigenvalue weighted by Crippen LogP contribution is 2.20. The van der Waals surface area contributed by atoms with Crippen LogP contribution in [0.4, 0.5) is 0 Å². The van der Waals surface area contributed by atoms with Crippen molar-refractivity contribution < 1.29 is 5.11 Å². The van der Waals surface area contributed by atoms with Gasteiger partial charge in [-0.15, -0.1) is 0 Å². The van der Waals surface area contributed by atoms with E-state index in [1.807, 2.05) is 24.9 Å². The van der Waals surface area contributed by atoms with E-state index in [9.17, 15) is 5.11 Å². The Morgan fingerprint density at radius 3 is 3.00 bits per heavy atom. The summed E-state index contributed by atoms with van der Waals surface area (Å²) in [5, 5.41) is 14.2. The van der Waals surface area contributed by atoms with Crippen LogP contribution in [0.25, 0.3) is 0 Å². The van der Waals surface area contributed by atoms with Gasteiger partial charge in [-0.1, -0.05) is 0 Å². The molecule has 90 valence electrons. The van der Waals surface area contributed by atoms with Crippen molar-refractivity contribution in [2.45, 2.75) is 31.8 Å². The van der Waals surface area contributed by atoms with Gasteiger partial charge in [-0.2, -0.15) is 5.10 Å². The third-order valence-corrected chi connectivity index (χ3v) is 3.36. The van der Waals surface area contributed by atoms with Gasteiger partial charge in [-0.05, 0) is 32.4 Å². The van der Waals surface area contributed by atoms with Crippen LogP contribution in [0.3, 0.4) is 0 Å². The lowest BCUT2D eigenvalue weighted by Crippen LogP contribution is -2.46. The number of aromatic nitrogens is 2. The summed E-state index contributed by atoms with van der Waals surface area (Å²) in [5.74, 6) is 0. The molecular weight excluding hydrogens is 202 g/mol. The fourth-order valence-corrected chi connectivity index (χ4v) is 2.43. The number of β-amino-alcohol motifs (C(OH)–C–C–N with tert-alkyl or cyclic N) is 1. The minimum absolute atomic E-state index is 0.495. The number of piperidine rings is 1. The number of aryl methyl sites for hydroxylation is 1. The molecular formula is C12H21N3O. The van der Waals surface area contributed by atoms with Crippen LogP contribution < -0.4 is 0 Å². The lowest BCUT2D eigenvalue weighted by molar-refractivity contribution is -0.0151. The zero-order chi connectivity index (χ0) is 11.6. The topological polar surface area (TPSA) is 41.3 Å². The Morgan fingerprint density at radius 2 is 2.38 bits per heavy atom. The molecule has 2 heterocycles. The summed E-state index contributed by atoms with van der Waals surface area (Å²) < 4.78 is 1.92. The average molecular weight is 223 g/mol. The predicted octanol–water partition coefficient (Wildman–Crippen LogP) is 0.809. The van der Waals surface area contributed by atoms with Gasteiger partial charge in [0.05, 0.1) is 5.60 Å². The fraction of sp³-hybridized carbons (Fsp3) is 0.750. The quantitative estimate of drug-likeness (QED) is 0.824. The summed E-state index contributed by atoms with van der Waals surface area (Å²) >= 11 is 0. The first-order valence-electron chi connectivity index (χ1n) is 5.98. The second-order valence-electron chi connectivity index (χ2n) is 5.07.